The van der Waals surface area contributed by atoms with E-state index in [1.54, 1.807) is 24.3 Å². The Morgan fingerprint density at radius 3 is 2.68 bits per heavy atom. The van der Waals surface area contributed by atoms with Gasteiger partial charge in [-0.3, -0.25) is 0 Å². The molecule has 0 unspecified atom stereocenters. The van der Waals surface area contributed by atoms with E-state index in [1.165, 1.54) is 6.07 Å². The number of aliphatic hydroxyl groups is 1. The Balaban J connectivity index is 1.63. The maximum atomic E-state index is 12.0. The van der Waals surface area contributed by atoms with Crippen LogP contribution in [0.5, 0.6) is 0 Å². The third-order valence-electron chi connectivity index (χ3n) is 3.91. The van der Waals surface area contributed by atoms with E-state index >= 15 is 0 Å². The van der Waals surface area contributed by atoms with E-state index in [9.17, 15) is 14.7 Å². The van der Waals surface area contributed by atoms with Crippen molar-refractivity contribution < 1.29 is 14.3 Å². The van der Waals surface area contributed by atoms with Crippen molar-refractivity contribution in [2.75, 3.05) is 5.32 Å². The van der Waals surface area contributed by atoms with Crippen molar-refractivity contribution in [3.63, 3.8) is 0 Å². The van der Waals surface area contributed by atoms with Crippen molar-refractivity contribution in [3.05, 3.63) is 40.8 Å². The number of carbonyl (C=O) groups is 1. The van der Waals surface area contributed by atoms with Gasteiger partial charge in [-0.15, -0.1) is 0 Å². The molecular formula is C16H18N2O4. The highest BCUT2D eigenvalue weighted by Gasteiger charge is 2.20. The van der Waals surface area contributed by atoms with Gasteiger partial charge in [-0.05, 0) is 49.9 Å². The average Bonchev–Trinajstić information content (AvgIpc) is 2.50. The maximum Gasteiger partial charge on any atom is 0.336 e. The smallest absolute Gasteiger partial charge is 0.336 e. The molecule has 6 nitrogen and oxygen atoms in total. The van der Waals surface area contributed by atoms with Crippen molar-refractivity contribution in [1.82, 2.24) is 5.32 Å². The highest BCUT2D eigenvalue weighted by molar-refractivity contribution is 5.92. The molecule has 1 aliphatic rings. The fraction of sp³-hybridized carbons (Fsp3) is 0.375. The van der Waals surface area contributed by atoms with Crippen LogP contribution in [0.1, 0.15) is 25.7 Å². The van der Waals surface area contributed by atoms with Gasteiger partial charge in [-0.25, -0.2) is 9.59 Å². The van der Waals surface area contributed by atoms with Crippen LogP contribution in [0.4, 0.5) is 10.5 Å². The third-order valence-corrected chi connectivity index (χ3v) is 3.91. The molecule has 0 spiro atoms. The van der Waals surface area contributed by atoms with E-state index in [1.807, 2.05) is 0 Å². The number of hydrogen-bond acceptors (Lipinski definition) is 4. The summed E-state index contributed by atoms with van der Waals surface area (Å²) in [5.41, 5.74) is 0.722. The van der Waals surface area contributed by atoms with Crippen LogP contribution in [0.3, 0.4) is 0 Å². The maximum absolute atomic E-state index is 12.0. The van der Waals surface area contributed by atoms with E-state index in [0.717, 1.165) is 31.1 Å². The number of benzene rings is 1. The minimum absolute atomic E-state index is 0.0990. The van der Waals surface area contributed by atoms with E-state index < -0.39 is 5.63 Å². The molecule has 3 N–H and O–H groups in total. The highest BCUT2D eigenvalue weighted by atomic mass is 16.4. The van der Waals surface area contributed by atoms with Crippen molar-refractivity contribution in [1.29, 1.82) is 0 Å². The van der Waals surface area contributed by atoms with Crippen molar-refractivity contribution in [2.45, 2.75) is 37.8 Å². The molecule has 0 radical (unpaired) electrons. The predicted octanol–water partition coefficient (Wildman–Crippen LogP) is 2.22. The summed E-state index contributed by atoms with van der Waals surface area (Å²) in [5, 5.41) is 15.9. The Kier molecular flexibility index (Phi) is 4.11. The number of aliphatic hydroxyl groups excluding tert-OH is 1. The van der Waals surface area contributed by atoms with Gasteiger partial charge in [0, 0.05) is 23.2 Å². The second-order valence-electron chi connectivity index (χ2n) is 5.61. The molecule has 1 aromatic carbocycles. The van der Waals surface area contributed by atoms with Crippen molar-refractivity contribution in [3.8, 4) is 0 Å². The van der Waals surface area contributed by atoms with Crippen LogP contribution in [-0.2, 0) is 0 Å². The number of anilines is 1. The molecule has 2 aromatic rings. The first-order valence-electron chi connectivity index (χ1n) is 7.40. The van der Waals surface area contributed by atoms with Gasteiger partial charge in [0.2, 0.25) is 0 Å². The van der Waals surface area contributed by atoms with Gasteiger partial charge in [0.15, 0.2) is 0 Å². The number of nitrogens with one attached hydrogen (secondary N) is 2. The summed E-state index contributed by atoms with van der Waals surface area (Å²) in [6, 6.07) is 7.94. The topological polar surface area (TPSA) is 91.6 Å². The first-order chi connectivity index (χ1) is 10.6. The van der Waals surface area contributed by atoms with Crippen LogP contribution in [0.2, 0.25) is 0 Å². The molecule has 1 heterocycles. The average molecular weight is 302 g/mol. The van der Waals surface area contributed by atoms with Crippen LogP contribution in [0.15, 0.2) is 39.5 Å². The quantitative estimate of drug-likeness (QED) is 0.742. The van der Waals surface area contributed by atoms with Crippen LogP contribution in [-0.4, -0.2) is 23.3 Å². The third kappa shape index (κ3) is 3.46. The van der Waals surface area contributed by atoms with Crippen molar-refractivity contribution in [2.24, 2.45) is 0 Å². The van der Waals surface area contributed by atoms with Gasteiger partial charge in [-0.1, -0.05) is 0 Å². The Hall–Kier alpha value is -2.34. The lowest BCUT2D eigenvalue weighted by Gasteiger charge is -2.26. The summed E-state index contributed by atoms with van der Waals surface area (Å²) in [7, 11) is 0. The van der Waals surface area contributed by atoms with Gasteiger partial charge in [0.1, 0.15) is 5.58 Å². The van der Waals surface area contributed by atoms with Crippen LogP contribution in [0, 0.1) is 0 Å². The molecule has 1 aliphatic carbocycles. The first kappa shape index (κ1) is 14.6. The molecule has 116 valence electrons. The zero-order valence-corrected chi connectivity index (χ0v) is 12.0. The summed E-state index contributed by atoms with van der Waals surface area (Å²) in [5.74, 6) is 0. The number of carbonyl (C=O) groups excluding carboxylic acids is 1. The fourth-order valence-corrected chi connectivity index (χ4v) is 2.72. The summed E-state index contributed by atoms with van der Waals surface area (Å²) in [6.45, 7) is 0. The Morgan fingerprint density at radius 2 is 1.91 bits per heavy atom. The predicted molar refractivity (Wildman–Crippen MR) is 82.9 cm³/mol. The van der Waals surface area contributed by atoms with E-state index in [2.05, 4.69) is 10.6 Å². The molecule has 0 saturated heterocycles. The molecule has 1 saturated carbocycles. The first-order valence-corrected chi connectivity index (χ1v) is 7.40. The molecule has 1 fully saturated rings. The zero-order valence-electron chi connectivity index (χ0n) is 12.0. The molecular weight excluding hydrogens is 284 g/mol. The second-order valence-corrected chi connectivity index (χ2v) is 5.61. The van der Waals surface area contributed by atoms with E-state index in [0.29, 0.717) is 11.3 Å². The molecule has 3 rings (SSSR count). The van der Waals surface area contributed by atoms with Gasteiger partial charge >= 0.3 is 11.7 Å². The standard InChI is InChI=1S/C16H18N2O4/c19-13-5-2-11(3-6-13)17-16(21)18-12-4-7-14-10(9-12)1-8-15(20)22-14/h1,4,7-9,11,13,19H,2-3,5-6H2,(H2,17,18,21). The fourth-order valence-electron chi connectivity index (χ4n) is 2.72. The number of fused-ring (bicyclic) bond motifs is 1. The SMILES string of the molecule is O=C(Nc1ccc2oc(=O)ccc2c1)NC1CCC(O)CC1. The molecule has 6 heteroatoms. The molecule has 0 bridgehead atoms. The minimum Gasteiger partial charge on any atom is -0.423 e. The van der Waals surface area contributed by atoms with E-state index in [4.69, 9.17) is 4.42 Å². The Labute approximate surface area is 127 Å². The van der Waals surface area contributed by atoms with Crippen LogP contribution >= 0.6 is 0 Å². The molecule has 1 aromatic heterocycles. The summed E-state index contributed by atoms with van der Waals surface area (Å²) >= 11 is 0. The molecule has 2 amide bonds. The lowest BCUT2D eigenvalue weighted by molar-refractivity contribution is 0.118. The monoisotopic (exact) mass is 302 g/mol. The number of rotatable bonds is 2. The number of hydrogen-bond donors (Lipinski definition) is 3. The largest absolute Gasteiger partial charge is 0.423 e. The second kappa shape index (κ2) is 6.19. The summed E-state index contributed by atoms with van der Waals surface area (Å²) in [4.78, 5) is 23.1. The van der Waals surface area contributed by atoms with Crippen molar-refractivity contribution >= 4 is 22.7 Å². The lowest BCUT2D eigenvalue weighted by atomic mass is 9.93. The molecule has 22 heavy (non-hydrogen) atoms. The van der Waals surface area contributed by atoms with Gasteiger partial charge < -0.3 is 20.2 Å². The minimum atomic E-state index is -0.398. The van der Waals surface area contributed by atoms with Gasteiger partial charge in [-0.2, -0.15) is 0 Å². The normalized spacial score (nSPS) is 21.5. The Morgan fingerprint density at radius 1 is 1.14 bits per heavy atom. The van der Waals surface area contributed by atoms with Crippen LogP contribution in [0.25, 0.3) is 11.0 Å². The highest BCUT2D eigenvalue weighted by Crippen LogP contribution is 2.20. The molecule has 0 atom stereocenters. The van der Waals surface area contributed by atoms with Gasteiger partial charge in [0.05, 0.1) is 6.10 Å². The van der Waals surface area contributed by atoms with E-state index in [-0.39, 0.29) is 18.2 Å². The van der Waals surface area contributed by atoms with Gasteiger partial charge in [0.25, 0.3) is 0 Å². The summed E-state index contributed by atoms with van der Waals surface area (Å²) < 4.78 is 5.05. The lowest BCUT2D eigenvalue weighted by Crippen LogP contribution is -2.40. The zero-order chi connectivity index (χ0) is 15.5. The summed E-state index contributed by atoms with van der Waals surface area (Å²) in [6.07, 6.45) is 2.78. The number of amides is 2. The Bertz CT molecular complexity index is 732. The number of urea groups is 1. The van der Waals surface area contributed by atoms with Crippen LogP contribution < -0.4 is 16.3 Å². The molecule has 0 aliphatic heterocycles.